The maximum Gasteiger partial charge on any atom is 0.337 e. The summed E-state index contributed by atoms with van der Waals surface area (Å²) >= 11 is 1.14. The number of benzene rings is 2. The number of ketones is 1. The highest BCUT2D eigenvalue weighted by atomic mass is 32.1. The maximum atomic E-state index is 13.5. The van der Waals surface area contributed by atoms with Crippen LogP contribution in [0.3, 0.4) is 0 Å². The van der Waals surface area contributed by atoms with Crippen molar-refractivity contribution in [3.8, 4) is 5.75 Å². The fourth-order valence-electron chi connectivity index (χ4n) is 3.58. The van der Waals surface area contributed by atoms with Crippen molar-refractivity contribution >= 4 is 34.1 Å². The monoisotopic (exact) mass is 465 g/mol. The number of hydrogen-bond acceptors (Lipinski definition) is 9. The van der Waals surface area contributed by atoms with Crippen LogP contribution in [0.5, 0.6) is 5.75 Å². The Balaban J connectivity index is 1.86. The molecule has 2 aromatic carbocycles. The van der Waals surface area contributed by atoms with Crippen LogP contribution in [0.1, 0.15) is 37.3 Å². The highest BCUT2D eigenvalue weighted by Gasteiger charge is 2.46. The van der Waals surface area contributed by atoms with Crippen LogP contribution in [-0.4, -0.2) is 47.2 Å². The first-order chi connectivity index (χ1) is 15.8. The van der Waals surface area contributed by atoms with Crippen LogP contribution in [0.2, 0.25) is 0 Å². The molecule has 0 spiro atoms. The van der Waals surface area contributed by atoms with Crippen LogP contribution in [-0.2, 0) is 9.53 Å². The summed E-state index contributed by atoms with van der Waals surface area (Å²) < 4.78 is 9.93. The van der Waals surface area contributed by atoms with Crippen molar-refractivity contribution in [2.75, 3.05) is 19.1 Å². The number of Topliss-reactive ketones (excluding diaryl/α,β-unsaturated/α-hetero) is 1. The van der Waals surface area contributed by atoms with E-state index in [1.165, 1.54) is 25.2 Å². The fourth-order valence-corrected chi connectivity index (χ4v) is 4.30. The molecule has 1 N–H and O–H groups in total. The third-order valence-corrected chi connectivity index (χ3v) is 5.99. The fraction of sp³-hybridized carbons (Fsp3) is 0.174. The third kappa shape index (κ3) is 3.96. The van der Waals surface area contributed by atoms with Gasteiger partial charge in [-0.1, -0.05) is 23.5 Å². The number of carbonyl (C=O) groups is 3. The number of aromatic nitrogens is 2. The normalized spacial score (nSPS) is 15.7. The third-order valence-electron chi connectivity index (χ3n) is 5.15. The molecule has 0 aliphatic carbocycles. The van der Waals surface area contributed by atoms with Gasteiger partial charge in [0.15, 0.2) is 11.5 Å². The summed E-state index contributed by atoms with van der Waals surface area (Å²) in [5, 5.41) is 19.6. The maximum absolute atomic E-state index is 13.5. The van der Waals surface area contributed by atoms with Gasteiger partial charge in [-0.3, -0.25) is 14.5 Å². The van der Waals surface area contributed by atoms with E-state index in [4.69, 9.17) is 9.47 Å². The second-order valence-corrected chi connectivity index (χ2v) is 8.28. The first kappa shape index (κ1) is 22.2. The van der Waals surface area contributed by atoms with E-state index in [-0.39, 0.29) is 21.8 Å². The zero-order valence-corrected chi connectivity index (χ0v) is 18.8. The minimum absolute atomic E-state index is 0.125. The van der Waals surface area contributed by atoms with E-state index in [1.807, 2.05) is 0 Å². The Morgan fingerprint density at radius 2 is 1.79 bits per heavy atom. The second kappa shape index (κ2) is 8.83. The van der Waals surface area contributed by atoms with E-state index in [2.05, 4.69) is 10.2 Å². The number of rotatable bonds is 6. The molecule has 0 fully saturated rings. The van der Waals surface area contributed by atoms with Gasteiger partial charge in [0.05, 0.1) is 31.4 Å². The molecule has 1 aliphatic rings. The number of aryl methyl sites for hydroxylation is 1. The van der Waals surface area contributed by atoms with E-state index in [9.17, 15) is 19.5 Å². The van der Waals surface area contributed by atoms with E-state index < -0.39 is 29.5 Å². The summed E-state index contributed by atoms with van der Waals surface area (Å²) in [6, 6.07) is 11.6. The predicted octanol–water partition coefficient (Wildman–Crippen LogP) is 3.42. The Morgan fingerprint density at radius 3 is 2.39 bits per heavy atom. The quantitative estimate of drug-likeness (QED) is 0.434. The van der Waals surface area contributed by atoms with Gasteiger partial charge in [-0.2, -0.15) is 0 Å². The first-order valence-electron chi connectivity index (χ1n) is 9.79. The van der Waals surface area contributed by atoms with Gasteiger partial charge in [0.1, 0.15) is 10.8 Å². The molecule has 0 saturated carbocycles. The van der Waals surface area contributed by atoms with Gasteiger partial charge < -0.3 is 14.6 Å². The minimum atomic E-state index is -1.02. The summed E-state index contributed by atoms with van der Waals surface area (Å²) in [7, 11) is 2.77. The number of anilines is 1. The molecule has 1 amide bonds. The van der Waals surface area contributed by atoms with Gasteiger partial charge in [0.25, 0.3) is 5.91 Å². The van der Waals surface area contributed by atoms with E-state index in [0.29, 0.717) is 16.3 Å². The molecule has 2 heterocycles. The number of amides is 1. The van der Waals surface area contributed by atoms with Gasteiger partial charge in [0.2, 0.25) is 5.13 Å². The number of aliphatic hydroxyl groups excluding tert-OH is 1. The number of aliphatic hydroxyl groups is 1. The highest BCUT2D eigenvalue weighted by Crippen LogP contribution is 2.43. The van der Waals surface area contributed by atoms with Crippen molar-refractivity contribution in [3.63, 3.8) is 0 Å². The van der Waals surface area contributed by atoms with E-state index in [1.54, 1.807) is 49.4 Å². The van der Waals surface area contributed by atoms with Crippen LogP contribution < -0.4 is 9.64 Å². The number of nitrogens with zero attached hydrogens (tertiary/aromatic N) is 3. The Kier molecular flexibility index (Phi) is 5.93. The highest BCUT2D eigenvalue weighted by molar-refractivity contribution is 7.15. The topological polar surface area (TPSA) is 119 Å². The van der Waals surface area contributed by atoms with E-state index >= 15 is 0 Å². The molecule has 0 saturated heterocycles. The number of methoxy groups -OCH3 is 2. The van der Waals surface area contributed by atoms with E-state index in [0.717, 1.165) is 11.3 Å². The molecule has 1 unspecified atom stereocenters. The van der Waals surface area contributed by atoms with Crippen molar-refractivity contribution in [2.45, 2.75) is 13.0 Å². The molecule has 0 radical (unpaired) electrons. The lowest BCUT2D eigenvalue weighted by Crippen LogP contribution is -2.31. The second-order valence-electron chi connectivity index (χ2n) is 7.12. The SMILES string of the molecule is COC(=O)c1cccc(C2C(C(=O)c3ccc(OC)cc3)=C(O)C(=O)N2c2nnc(C)s2)c1. The van der Waals surface area contributed by atoms with Crippen molar-refractivity contribution < 1.29 is 29.0 Å². The number of carbonyl (C=O) groups excluding carboxylic acids is 3. The van der Waals surface area contributed by atoms with Gasteiger partial charge in [-0.15, -0.1) is 10.2 Å². The smallest absolute Gasteiger partial charge is 0.337 e. The molecule has 1 atom stereocenters. The summed E-state index contributed by atoms with van der Waals surface area (Å²) in [6.45, 7) is 1.73. The van der Waals surface area contributed by atoms with Gasteiger partial charge in [0, 0.05) is 5.56 Å². The van der Waals surface area contributed by atoms with Crippen molar-refractivity contribution in [2.24, 2.45) is 0 Å². The molecule has 10 heteroatoms. The zero-order chi connectivity index (χ0) is 23.7. The minimum Gasteiger partial charge on any atom is -0.503 e. The van der Waals surface area contributed by atoms with Gasteiger partial charge in [-0.25, -0.2) is 4.79 Å². The van der Waals surface area contributed by atoms with Crippen molar-refractivity contribution in [1.29, 1.82) is 0 Å². The number of ether oxygens (including phenoxy) is 2. The van der Waals surface area contributed by atoms with Crippen LogP contribution in [0.15, 0.2) is 59.9 Å². The first-order valence-corrected chi connectivity index (χ1v) is 10.6. The molecule has 33 heavy (non-hydrogen) atoms. The lowest BCUT2D eigenvalue weighted by molar-refractivity contribution is -0.117. The lowest BCUT2D eigenvalue weighted by Gasteiger charge is -2.24. The lowest BCUT2D eigenvalue weighted by atomic mass is 9.92. The van der Waals surface area contributed by atoms with Crippen LogP contribution in [0.4, 0.5) is 5.13 Å². The number of esters is 1. The Morgan fingerprint density at radius 1 is 1.06 bits per heavy atom. The summed E-state index contributed by atoms with van der Waals surface area (Å²) in [6.07, 6.45) is 0. The molecule has 1 aromatic heterocycles. The molecule has 9 nitrogen and oxygen atoms in total. The average molecular weight is 465 g/mol. The molecule has 3 aromatic rings. The van der Waals surface area contributed by atoms with Crippen LogP contribution in [0.25, 0.3) is 0 Å². The van der Waals surface area contributed by atoms with Crippen LogP contribution in [0, 0.1) is 6.92 Å². The molecule has 1 aliphatic heterocycles. The van der Waals surface area contributed by atoms with Crippen molar-refractivity contribution in [3.05, 3.63) is 81.6 Å². The summed E-state index contributed by atoms with van der Waals surface area (Å²) in [5.74, 6) is -2.02. The van der Waals surface area contributed by atoms with Gasteiger partial charge in [-0.05, 0) is 48.9 Å². The molecule has 168 valence electrons. The zero-order valence-electron chi connectivity index (χ0n) is 17.9. The Hall–Kier alpha value is -4.05. The predicted molar refractivity (Wildman–Crippen MR) is 120 cm³/mol. The Labute approximate surface area is 192 Å². The van der Waals surface area contributed by atoms with Crippen molar-refractivity contribution in [1.82, 2.24) is 10.2 Å². The standard InChI is InChI=1S/C23H19N3O6S/c1-12-24-25-23(33-12)26-18(14-5-4-6-15(11-14)22(30)32-3)17(20(28)21(26)29)19(27)13-7-9-16(31-2)10-8-13/h4-11,18,28H,1-3H3. The molecular formula is C23H19N3O6S. The molecule has 4 rings (SSSR count). The Bertz CT molecular complexity index is 1280. The largest absolute Gasteiger partial charge is 0.503 e. The average Bonchev–Trinajstić information content (AvgIpc) is 3.38. The number of hydrogen-bond donors (Lipinski definition) is 1. The molecule has 0 bridgehead atoms. The van der Waals surface area contributed by atoms with Crippen LogP contribution >= 0.6 is 11.3 Å². The molecular weight excluding hydrogens is 446 g/mol. The van der Waals surface area contributed by atoms with Gasteiger partial charge >= 0.3 is 5.97 Å². The summed E-state index contributed by atoms with van der Waals surface area (Å²) in [4.78, 5) is 39.9. The summed E-state index contributed by atoms with van der Waals surface area (Å²) in [5.41, 5.74) is 0.799.